The van der Waals surface area contributed by atoms with Crippen LogP contribution in [0.4, 0.5) is 0 Å². The summed E-state index contributed by atoms with van der Waals surface area (Å²) < 4.78 is 0. The van der Waals surface area contributed by atoms with E-state index in [1.807, 2.05) is 6.08 Å². The van der Waals surface area contributed by atoms with Crippen LogP contribution in [0.5, 0.6) is 0 Å². The maximum Gasteiger partial charge on any atom is 0.0244 e. The van der Waals surface area contributed by atoms with Crippen molar-refractivity contribution in [3.8, 4) is 0 Å². The summed E-state index contributed by atoms with van der Waals surface area (Å²) in [7, 11) is 2.08. The average molecular weight is 181 g/mol. The largest absolute Gasteiger partial charge is 0.378 e. The molecule has 0 aromatic rings. The van der Waals surface area contributed by atoms with Crippen molar-refractivity contribution in [2.45, 2.75) is 33.6 Å². The number of hydrogen-bond acceptors (Lipinski definition) is 1. The third-order valence-electron chi connectivity index (χ3n) is 2.81. The molecule has 0 heterocycles. The predicted molar refractivity (Wildman–Crippen MR) is 60.7 cm³/mol. The number of rotatable bonds is 6. The van der Waals surface area contributed by atoms with Gasteiger partial charge in [0, 0.05) is 24.7 Å². The summed E-state index contributed by atoms with van der Waals surface area (Å²) in [5.41, 5.74) is 1.24. The van der Waals surface area contributed by atoms with Crippen LogP contribution < -0.4 is 0 Å². The van der Waals surface area contributed by atoms with Gasteiger partial charge in [0.2, 0.25) is 0 Å². The molecule has 0 aliphatic carbocycles. The molecule has 0 saturated heterocycles. The van der Waals surface area contributed by atoms with Crippen molar-refractivity contribution in [3.05, 3.63) is 24.9 Å². The van der Waals surface area contributed by atoms with E-state index < -0.39 is 0 Å². The Bertz CT molecular complexity index is 184. The van der Waals surface area contributed by atoms with Crippen molar-refractivity contribution >= 4 is 0 Å². The molecule has 0 bridgehead atoms. The number of hydrogen-bond donors (Lipinski definition) is 0. The molecule has 0 amide bonds. The molecule has 0 rings (SSSR count). The molecule has 0 aliphatic heterocycles. The van der Waals surface area contributed by atoms with Crippen LogP contribution in [0.15, 0.2) is 24.9 Å². The molecule has 13 heavy (non-hydrogen) atoms. The Morgan fingerprint density at radius 3 is 2.31 bits per heavy atom. The Morgan fingerprint density at radius 1 is 1.46 bits per heavy atom. The van der Waals surface area contributed by atoms with Gasteiger partial charge in [-0.1, -0.05) is 32.9 Å². The van der Waals surface area contributed by atoms with Gasteiger partial charge in [0.25, 0.3) is 0 Å². The summed E-state index contributed by atoms with van der Waals surface area (Å²) in [6.45, 7) is 15.6. The van der Waals surface area contributed by atoms with E-state index in [4.69, 9.17) is 0 Å². The summed E-state index contributed by atoms with van der Waals surface area (Å²) in [6.07, 6.45) is 4.31. The van der Waals surface area contributed by atoms with Crippen molar-refractivity contribution in [2.75, 3.05) is 13.6 Å². The molecule has 1 nitrogen and oxygen atoms in total. The molecule has 76 valence electrons. The average Bonchev–Trinajstić information content (AvgIpc) is 2.15. The van der Waals surface area contributed by atoms with Gasteiger partial charge < -0.3 is 4.90 Å². The second kappa shape index (κ2) is 5.11. The second-order valence-electron chi connectivity index (χ2n) is 3.83. The number of nitrogens with zero attached hydrogens (tertiary/aromatic N) is 1. The van der Waals surface area contributed by atoms with E-state index in [0.717, 1.165) is 13.0 Å². The molecule has 0 aliphatic rings. The van der Waals surface area contributed by atoms with E-state index in [2.05, 4.69) is 45.9 Å². The zero-order chi connectivity index (χ0) is 10.5. The molecular weight excluding hydrogens is 158 g/mol. The van der Waals surface area contributed by atoms with Crippen LogP contribution in [0.1, 0.15) is 33.6 Å². The van der Waals surface area contributed by atoms with Gasteiger partial charge in [-0.2, -0.15) is 0 Å². The first-order valence-electron chi connectivity index (χ1n) is 5.06. The fourth-order valence-electron chi connectivity index (χ4n) is 1.51. The molecule has 0 fully saturated rings. The fraction of sp³-hybridized carbons (Fsp3) is 0.667. The quantitative estimate of drug-likeness (QED) is 0.567. The van der Waals surface area contributed by atoms with Crippen molar-refractivity contribution in [3.63, 3.8) is 0 Å². The van der Waals surface area contributed by atoms with Crippen LogP contribution in [0.25, 0.3) is 0 Å². The van der Waals surface area contributed by atoms with E-state index in [-0.39, 0.29) is 5.41 Å². The molecule has 1 atom stereocenters. The predicted octanol–water partition coefficient (Wildman–Crippen LogP) is 3.44. The summed E-state index contributed by atoms with van der Waals surface area (Å²) >= 11 is 0. The molecule has 0 N–H and O–H groups in total. The maximum atomic E-state index is 4.14. The summed E-state index contributed by atoms with van der Waals surface area (Å²) in [4.78, 5) is 2.19. The second-order valence-corrected chi connectivity index (χ2v) is 3.83. The lowest BCUT2D eigenvalue weighted by Gasteiger charge is -2.34. The van der Waals surface area contributed by atoms with Crippen molar-refractivity contribution < 1.29 is 0 Å². The van der Waals surface area contributed by atoms with Gasteiger partial charge in [0.15, 0.2) is 0 Å². The van der Waals surface area contributed by atoms with Gasteiger partial charge in [-0.25, -0.2) is 0 Å². The van der Waals surface area contributed by atoms with E-state index in [0.29, 0.717) is 0 Å². The first-order valence-corrected chi connectivity index (χ1v) is 5.06. The van der Waals surface area contributed by atoms with Crippen LogP contribution in [0.2, 0.25) is 0 Å². The molecule has 0 saturated carbocycles. The Kier molecular flexibility index (Phi) is 4.82. The summed E-state index contributed by atoms with van der Waals surface area (Å²) in [6, 6.07) is 0. The zero-order valence-corrected chi connectivity index (χ0v) is 9.56. The minimum Gasteiger partial charge on any atom is -0.378 e. The Labute approximate surface area is 83.1 Å². The highest BCUT2D eigenvalue weighted by molar-refractivity contribution is 5.14. The van der Waals surface area contributed by atoms with Gasteiger partial charge in [-0.05, 0) is 13.3 Å². The monoisotopic (exact) mass is 181 g/mol. The third-order valence-corrected chi connectivity index (χ3v) is 2.81. The van der Waals surface area contributed by atoms with E-state index >= 15 is 0 Å². The molecule has 0 radical (unpaired) electrons. The third kappa shape index (κ3) is 2.91. The normalized spacial score (nSPS) is 14.8. The lowest BCUT2D eigenvalue weighted by atomic mass is 9.82. The highest BCUT2D eigenvalue weighted by Gasteiger charge is 2.24. The Hall–Kier alpha value is -0.720. The topological polar surface area (TPSA) is 3.24 Å². The van der Waals surface area contributed by atoms with E-state index in [1.54, 1.807) is 0 Å². The van der Waals surface area contributed by atoms with Crippen LogP contribution >= 0.6 is 0 Å². The standard InChI is InChI=1S/C12H23N/c1-7-10-12(5,8-2)11(4)13(6)9-3/h8H,2,4,7,9-10H2,1,3,5-6H3/t12-/m1/s1. The SMILES string of the molecule is C=C[C@](C)(CCC)C(=C)N(C)CC. The molecule has 0 spiro atoms. The van der Waals surface area contributed by atoms with Gasteiger partial charge in [-0.15, -0.1) is 6.58 Å². The molecule has 0 aromatic carbocycles. The smallest absolute Gasteiger partial charge is 0.0244 e. The lowest BCUT2D eigenvalue weighted by molar-refractivity contribution is 0.315. The minimum absolute atomic E-state index is 0.0690. The van der Waals surface area contributed by atoms with Gasteiger partial charge in [-0.3, -0.25) is 0 Å². The first kappa shape index (κ1) is 12.3. The highest BCUT2D eigenvalue weighted by Crippen LogP contribution is 2.33. The van der Waals surface area contributed by atoms with E-state index in [1.165, 1.54) is 12.1 Å². The van der Waals surface area contributed by atoms with Crippen molar-refractivity contribution in [2.24, 2.45) is 5.41 Å². The summed E-state index contributed by atoms with van der Waals surface area (Å²) in [5, 5.41) is 0. The van der Waals surface area contributed by atoms with Crippen LogP contribution in [-0.2, 0) is 0 Å². The fourth-order valence-corrected chi connectivity index (χ4v) is 1.51. The minimum atomic E-state index is 0.0690. The van der Waals surface area contributed by atoms with E-state index in [9.17, 15) is 0 Å². The molecular formula is C12H23N. The number of allylic oxidation sites excluding steroid dienone is 1. The summed E-state index contributed by atoms with van der Waals surface area (Å²) in [5.74, 6) is 0. The van der Waals surface area contributed by atoms with Gasteiger partial charge >= 0.3 is 0 Å². The van der Waals surface area contributed by atoms with Crippen LogP contribution in [0, 0.1) is 5.41 Å². The van der Waals surface area contributed by atoms with Gasteiger partial charge in [0.1, 0.15) is 0 Å². The highest BCUT2D eigenvalue weighted by atomic mass is 15.1. The first-order chi connectivity index (χ1) is 6.01. The molecule has 0 aromatic heterocycles. The van der Waals surface area contributed by atoms with Gasteiger partial charge in [0.05, 0.1) is 0 Å². The molecule has 1 heteroatoms. The Morgan fingerprint density at radius 2 is 2.00 bits per heavy atom. The lowest BCUT2D eigenvalue weighted by Crippen LogP contribution is -2.28. The molecule has 0 unspecified atom stereocenters. The zero-order valence-electron chi connectivity index (χ0n) is 9.56. The van der Waals surface area contributed by atoms with Crippen LogP contribution in [0.3, 0.4) is 0 Å². The van der Waals surface area contributed by atoms with Crippen LogP contribution in [-0.4, -0.2) is 18.5 Å². The van der Waals surface area contributed by atoms with Crippen molar-refractivity contribution in [1.82, 2.24) is 4.90 Å². The maximum absolute atomic E-state index is 4.14. The Balaban J connectivity index is 4.55. The van der Waals surface area contributed by atoms with Crippen molar-refractivity contribution in [1.29, 1.82) is 0 Å².